The summed E-state index contributed by atoms with van der Waals surface area (Å²) >= 11 is 6.75. The molecule has 32 heavy (non-hydrogen) atoms. The third-order valence-corrected chi connectivity index (χ3v) is 6.47. The van der Waals surface area contributed by atoms with E-state index in [2.05, 4.69) is 30.6 Å². The van der Waals surface area contributed by atoms with Gasteiger partial charge >= 0.3 is 0 Å². The number of rotatable bonds is 5. The van der Waals surface area contributed by atoms with Crippen molar-refractivity contribution in [2.24, 2.45) is 0 Å². The summed E-state index contributed by atoms with van der Waals surface area (Å²) in [5.41, 5.74) is 0.905. The molecule has 0 saturated carbocycles. The van der Waals surface area contributed by atoms with Crippen LogP contribution in [0, 0.1) is 0 Å². The predicted octanol–water partition coefficient (Wildman–Crippen LogP) is 4.13. The van der Waals surface area contributed by atoms with E-state index in [1.807, 2.05) is 35.0 Å². The van der Waals surface area contributed by atoms with Crippen LogP contribution >= 0.6 is 22.9 Å². The zero-order valence-electron chi connectivity index (χ0n) is 16.4. The molecule has 1 aliphatic rings. The number of thiazole rings is 1. The molecule has 0 bridgehead atoms. The van der Waals surface area contributed by atoms with Gasteiger partial charge in [0.2, 0.25) is 0 Å². The highest BCUT2D eigenvalue weighted by Crippen LogP contribution is 2.37. The highest BCUT2D eigenvalue weighted by molar-refractivity contribution is 7.19. The molecule has 1 aliphatic heterocycles. The fourth-order valence-corrected chi connectivity index (χ4v) is 4.74. The Morgan fingerprint density at radius 3 is 2.84 bits per heavy atom. The molecule has 1 amide bonds. The minimum absolute atomic E-state index is 0.108. The Kier molecular flexibility index (Phi) is 5.43. The molecule has 1 aromatic carbocycles. The number of nitrogens with one attached hydrogen (secondary N) is 2. The van der Waals surface area contributed by atoms with Crippen molar-refractivity contribution in [3.05, 3.63) is 58.1 Å². The molecule has 0 radical (unpaired) electrons. The number of aryl methyl sites for hydroxylation is 1. The first-order valence-corrected chi connectivity index (χ1v) is 11.0. The van der Waals surface area contributed by atoms with Crippen LogP contribution in [0.1, 0.15) is 34.9 Å². The number of H-pyrrole nitrogens is 1. The summed E-state index contributed by atoms with van der Waals surface area (Å²) in [4.78, 5) is 21.4. The summed E-state index contributed by atoms with van der Waals surface area (Å²) in [6.45, 7) is 0.621. The maximum absolute atomic E-state index is 13.0. The minimum atomic E-state index is -2.79. The zero-order chi connectivity index (χ0) is 22.2. The quantitative estimate of drug-likeness (QED) is 0.452. The molecule has 1 unspecified atom stereocenters. The maximum atomic E-state index is 13.0. The number of nitrogens with zero attached hydrogens (tertiary/aromatic N) is 5. The van der Waals surface area contributed by atoms with Gasteiger partial charge in [-0.3, -0.25) is 9.89 Å². The van der Waals surface area contributed by atoms with Crippen LogP contribution in [-0.2, 0) is 13.0 Å². The van der Waals surface area contributed by atoms with Gasteiger partial charge < -0.3 is 5.32 Å². The highest BCUT2D eigenvalue weighted by Gasteiger charge is 2.27. The fourth-order valence-electron chi connectivity index (χ4n) is 3.58. The molecule has 3 aromatic heterocycles. The van der Waals surface area contributed by atoms with Crippen LogP contribution in [0.3, 0.4) is 0 Å². The second-order valence-corrected chi connectivity index (χ2v) is 8.84. The van der Waals surface area contributed by atoms with Gasteiger partial charge in [-0.1, -0.05) is 41.9 Å². The number of halogens is 3. The van der Waals surface area contributed by atoms with E-state index in [1.165, 1.54) is 6.20 Å². The topological polar surface area (TPSA) is 101 Å². The largest absolute Gasteiger partial charge is 0.347 e. The van der Waals surface area contributed by atoms with Gasteiger partial charge in [0.15, 0.2) is 5.82 Å². The fraction of sp³-hybridized carbons (Fsp3) is 0.250. The lowest BCUT2D eigenvalue weighted by Crippen LogP contribution is -2.40. The van der Waals surface area contributed by atoms with Gasteiger partial charge in [-0.15, -0.1) is 11.3 Å². The van der Waals surface area contributed by atoms with Gasteiger partial charge in [0.1, 0.15) is 26.6 Å². The molecule has 0 fully saturated rings. The monoisotopic (exact) mass is 475 g/mol. The van der Waals surface area contributed by atoms with Crippen LogP contribution in [0.5, 0.6) is 0 Å². The number of amides is 1. The maximum Gasteiger partial charge on any atom is 0.282 e. The van der Waals surface area contributed by atoms with E-state index in [1.54, 1.807) is 0 Å². The van der Waals surface area contributed by atoms with E-state index in [0.29, 0.717) is 30.8 Å². The molecule has 1 atom stereocenters. The van der Waals surface area contributed by atoms with E-state index in [4.69, 9.17) is 11.6 Å². The van der Waals surface area contributed by atoms with Crippen LogP contribution < -0.4 is 5.32 Å². The minimum Gasteiger partial charge on any atom is -0.347 e. The van der Waals surface area contributed by atoms with Gasteiger partial charge in [0.05, 0.1) is 11.8 Å². The molecule has 2 N–H and O–H groups in total. The number of hydrogen-bond acceptors (Lipinski definition) is 6. The number of hydrogen-bond donors (Lipinski definition) is 2. The number of carbonyl (C=O) groups excluding carboxylic acids is 1. The van der Waals surface area contributed by atoms with E-state index < -0.39 is 18.0 Å². The van der Waals surface area contributed by atoms with Crippen molar-refractivity contribution in [2.45, 2.75) is 31.9 Å². The third kappa shape index (κ3) is 3.89. The molecule has 8 nitrogen and oxygen atoms in total. The molecule has 0 aliphatic carbocycles. The smallest absolute Gasteiger partial charge is 0.282 e. The van der Waals surface area contributed by atoms with Crippen LogP contribution in [-0.4, -0.2) is 41.9 Å². The first-order valence-electron chi connectivity index (χ1n) is 9.77. The summed E-state index contributed by atoms with van der Waals surface area (Å²) < 4.78 is 27.8. The van der Waals surface area contributed by atoms with E-state index in [-0.39, 0.29) is 21.1 Å². The predicted molar refractivity (Wildman–Crippen MR) is 115 cm³/mol. The molecular weight excluding hydrogens is 460 g/mol. The Bertz CT molecular complexity index is 1270. The summed E-state index contributed by atoms with van der Waals surface area (Å²) in [6.07, 6.45) is -0.216. The standard InChI is InChI=1S/C20H16ClF2N7OS/c21-16-15(17(22)23)27-20(32-16)12-9-24-28-14(12)19(31)25-11-6-7-30-13(8-11)26-18(29-30)10-4-2-1-3-5-10/h1-5,9,11,17H,6-8H2,(H,24,28)(H,25,31). The second-order valence-electron chi connectivity index (χ2n) is 7.24. The Balaban J connectivity index is 1.32. The molecule has 5 rings (SSSR count). The SMILES string of the molecule is O=C(NC1CCn2nc(-c3ccccc3)nc2C1)c1[nH]ncc1-c1nc(C(F)F)c(Cl)s1. The summed E-state index contributed by atoms with van der Waals surface area (Å²) in [6, 6.07) is 9.54. The zero-order valence-corrected chi connectivity index (χ0v) is 18.0. The highest BCUT2D eigenvalue weighted by atomic mass is 35.5. The Labute approximate surface area is 189 Å². The lowest BCUT2D eigenvalue weighted by atomic mass is 10.1. The molecular formula is C20H16ClF2N7OS. The van der Waals surface area contributed by atoms with Crippen molar-refractivity contribution in [3.63, 3.8) is 0 Å². The third-order valence-electron chi connectivity index (χ3n) is 5.15. The van der Waals surface area contributed by atoms with Crippen molar-refractivity contribution >= 4 is 28.8 Å². The number of carbonyl (C=O) groups is 1. The molecule has 0 spiro atoms. The molecule has 0 saturated heterocycles. The van der Waals surface area contributed by atoms with Gasteiger partial charge in [-0.2, -0.15) is 10.2 Å². The molecule has 12 heteroatoms. The molecule has 4 aromatic rings. The number of aromatic nitrogens is 6. The average molecular weight is 476 g/mol. The number of benzene rings is 1. The molecule has 164 valence electrons. The van der Waals surface area contributed by atoms with Crippen LogP contribution in [0.25, 0.3) is 22.0 Å². The summed E-state index contributed by atoms with van der Waals surface area (Å²) in [5.74, 6) is 1.04. The van der Waals surface area contributed by atoms with Crippen LogP contribution in [0.15, 0.2) is 36.5 Å². The van der Waals surface area contributed by atoms with Gasteiger partial charge in [-0.25, -0.2) is 23.4 Å². The first-order chi connectivity index (χ1) is 15.5. The first kappa shape index (κ1) is 20.7. The van der Waals surface area contributed by atoms with Crippen LogP contribution in [0.4, 0.5) is 8.78 Å². The van der Waals surface area contributed by atoms with E-state index >= 15 is 0 Å². The van der Waals surface area contributed by atoms with Crippen molar-refractivity contribution in [1.29, 1.82) is 0 Å². The lowest BCUT2D eigenvalue weighted by Gasteiger charge is -2.23. The molecule has 4 heterocycles. The Hall–Kier alpha value is -3.18. The van der Waals surface area contributed by atoms with Gasteiger partial charge in [0.25, 0.3) is 12.3 Å². The Morgan fingerprint density at radius 1 is 1.28 bits per heavy atom. The van der Waals surface area contributed by atoms with E-state index in [9.17, 15) is 13.6 Å². The van der Waals surface area contributed by atoms with Crippen molar-refractivity contribution < 1.29 is 13.6 Å². The van der Waals surface area contributed by atoms with Crippen LogP contribution in [0.2, 0.25) is 4.34 Å². The number of fused-ring (bicyclic) bond motifs is 1. The van der Waals surface area contributed by atoms with Crippen molar-refractivity contribution in [2.75, 3.05) is 0 Å². The van der Waals surface area contributed by atoms with Crippen molar-refractivity contribution in [3.8, 4) is 22.0 Å². The summed E-state index contributed by atoms with van der Waals surface area (Å²) in [5, 5.41) is 14.3. The average Bonchev–Trinajstić information content (AvgIpc) is 3.51. The van der Waals surface area contributed by atoms with Gasteiger partial charge in [-0.05, 0) is 6.42 Å². The number of alkyl halides is 2. The number of aromatic amines is 1. The van der Waals surface area contributed by atoms with Gasteiger partial charge in [0, 0.05) is 24.6 Å². The Morgan fingerprint density at radius 2 is 2.09 bits per heavy atom. The lowest BCUT2D eigenvalue weighted by molar-refractivity contribution is 0.0925. The normalized spacial score (nSPS) is 15.7. The second kappa shape index (κ2) is 8.40. The van der Waals surface area contributed by atoms with Crippen molar-refractivity contribution in [1.82, 2.24) is 35.3 Å². The van der Waals surface area contributed by atoms with E-state index in [0.717, 1.165) is 22.7 Å². The summed E-state index contributed by atoms with van der Waals surface area (Å²) in [7, 11) is 0.